The number of benzene rings is 2. The van der Waals surface area contributed by atoms with Crippen molar-refractivity contribution in [3.63, 3.8) is 0 Å². The van der Waals surface area contributed by atoms with Gasteiger partial charge in [0.25, 0.3) is 0 Å². The van der Waals surface area contributed by atoms with Gasteiger partial charge in [0.15, 0.2) is 5.78 Å². The van der Waals surface area contributed by atoms with Crippen LogP contribution in [0.5, 0.6) is 5.75 Å². The number of Topliss-reactive ketones (excluding diaryl/α,β-unsaturated/α-hetero) is 1. The highest BCUT2D eigenvalue weighted by atomic mass is 32.2. The van der Waals surface area contributed by atoms with Crippen LogP contribution < -0.4 is 15.2 Å². The van der Waals surface area contributed by atoms with E-state index < -0.39 is 40.0 Å². The highest BCUT2D eigenvalue weighted by Crippen LogP contribution is 2.28. The van der Waals surface area contributed by atoms with Crippen molar-refractivity contribution in [2.75, 3.05) is 12.5 Å². The van der Waals surface area contributed by atoms with Crippen molar-refractivity contribution in [1.29, 1.82) is 0 Å². The molecule has 1 aliphatic rings. The van der Waals surface area contributed by atoms with Crippen LogP contribution in [0.1, 0.15) is 29.3 Å². The zero-order valence-electron chi connectivity index (χ0n) is 20.1. The Labute approximate surface area is 213 Å². The third-order valence-corrected chi connectivity index (χ3v) is 6.56. The van der Waals surface area contributed by atoms with E-state index in [2.05, 4.69) is 5.32 Å². The maximum Gasteiger partial charge on any atom is 0.244 e. The highest BCUT2D eigenvalue weighted by molar-refractivity contribution is 7.88. The summed E-state index contributed by atoms with van der Waals surface area (Å²) in [6.07, 6.45) is 0.0773. The molecule has 12 heteroatoms. The Hall–Kier alpha value is -3.77. The van der Waals surface area contributed by atoms with Crippen molar-refractivity contribution in [3.05, 3.63) is 65.9 Å². The molecule has 0 spiro atoms. The van der Waals surface area contributed by atoms with Gasteiger partial charge in [0.1, 0.15) is 24.5 Å². The molecule has 0 aliphatic carbocycles. The first-order valence-electron chi connectivity index (χ1n) is 11.5. The molecular weight excluding hydrogens is 503 g/mol. The van der Waals surface area contributed by atoms with Crippen LogP contribution in [0.4, 0.5) is 4.39 Å². The minimum absolute atomic E-state index is 0.0950. The van der Waals surface area contributed by atoms with E-state index in [9.17, 15) is 27.2 Å². The summed E-state index contributed by atoms with van der Waals surface area (Å²) in [4.78, 5) is 39.5. The third kappa shape index (κ3) is 6.33. The number of hydrogen-bond donors (Lipinski definition) is 2. The van der Waals surface area contributed by atoms with Gasteiger partial charge >= 0.3 is 0 Å². The summed E-state index contributed by atoms with van der Waals surface area (Å²) in [6.45, 7) is 1.19. The van der Waals surface area contributed by atoms with Crippen LogP contribution >= 0.6 is 0 Å². The molecule has 1 aliphatic heterocycles. The predicted molar refractivity (Wildman–Crippen MR) is 134 cm³/mol. The van der Waals surface area contributed by atoms with Crippen LogP contribution in [0.3, 0.4) is 0 Å². The van der Waals surface area contributed by atoms with E-state index in [1.165, 1.54) is 30.2 Å². The van der Waals surface area contributed by atoms with Gasteiger partial charge in [-0.15, -0.1) is 0 Å². The fourth-order valence-corrected chi connectivity index (χ4v) is 4.68. The maximum absolute atomic E-state index is 14.3. The van der Waals surface area contributed by atoms with Crippen molar-refractivity contribution >= 4 is 38.5 Å². The summed E-state index contributed by atoms with van der Waals surface area (Å²) < 4.78 is 43.5. The molecular formula is C25H27FN4O6S. The topological polar surface area (TPSA) is 141 Å². The second-order valence-electron chi connectivity index (χ2n) is 8.93. The second kappa shape index (κ2) is 10.7. The number of nitrogens with two attached hydrogens (primary N) is 1. The van der Waals surface area contributed by atoms with E-state index >= 15 is 0 Å². The Morgan fingerprint density at radius 3 is 2.57 bits per heavy atom. The fourth-order valence-electron chi connectivity index (χ4n) is 4.38. The molecule has 2 aromatic carbocycles. The van der Waals surface area contributed by atoms with Gasteiger partial charge in [-0.2, -0.15) is 0 Å². The van der Waals surface area contributed by atoms with Crippen LogP contribution in [0.25, 0.3) is 10.9 Å². The number of carbonyl (C=O) groups excluding carboxylic acids is 3. The average Bonchev–Trinajstić information content (AvgIpc) is 3.42. The summed E-state index contributed by atoms with van der Waals surface area (Å²) in [6, 6.07) is 12.9. The van der Waals surface area contributed by atoms with Crippen molar-refractivity contribution < 1.29 is 31.9 Å². The lowest BCUT2D eigenvalue weighted by molar-refractivity contribution is -0.139. The molecule has 10 nitrogen and oxygen atoms in total. The maximum atomic E-state index is 14.3. The van der Waals surface area contributed by atoms with Crippen LogP contribution in [0, 0.1) is 0 Å². The monoisotopic (exact) mass is 530 g/mol. The quantitative estimate of drug-likeness (QED) is 0.404. The lowest BCUT2D eigenvalue weighted by Gasteiger charge is -2.24. The number of carbonyl (C=O) groups is 3. The van der Waals surface area contributed by atoms with Crippen LogP contribution in [-0.4, -0.2) is 60.2 Å². The molecule has 3 aromatic rings. The van der Waals surface area contributed by atoms with E-state index in [0.717, 1.165) is 5.56 Å². The van der Waals surface area contributed by atoms with E-state index in [1.54, 1.807) is 10.6 Å². The highest BCUT2D eigenvalue weighted by Gasteiger charge is 2.39. The van der Waals surface area contributed by atoms with Gasteiger partial charge in [0, 0.05) is 35.6 Å². The molecule has 1 saturated heterocycles. The summed E-state index contributed by atoms with van der Waals surface area (Å²) >= 11 is 0. The number of ether oxygens (including phenoxy) is 1. The van der Waals surface area contributed by atoms with E-state index in [1.807, 2.05) is 30.3 Å². The van der Waals surface area contributed by atoms with Gasteiger partial charge in [0.05, 0.1) is 6.54 Å². The number of alkyl halides is 1. The molecule has 2 heterocycles. The summed E-state index contributed by atoms with van der Waals surface area (Å²) in [5.41, 5.74) is 1.69. The minimum atomic E-state index is -3.87. The normalized spacial score (nSPS) is 17.6. The molecule has 1 aromatic heterocycles. The van der Waals surface area contributed by atoms with Crippen LogP contribution in [-0.2, 0) is 32.7 Å². The zero-order chi connectivity index (χ0) is 26.7. The lowest BCUT2D eigenvalue weighted by Crippen LogP contribution is -2.46. The zero-order valence-corrected chi connectivity index (χ0v) is 20.9. The average molecular weight is 531 g/mol. The van der Waals surface area contributed by atoms with Crippen molar-refractivity contribution in [1.82, 2.24) is 14.8 Å². The molecule has 2 amide bonds. The Kier molecular flexibility index (Phi) is 7.60. The van der Waals surface area contributed by atoms with E-state index in [0.29, 0.717) is 16.5 Å². The van der Waals surface area contributed by atoms with Gasteiger partial charge in [-0.3, -0.25) is 14.4 Å². The van der Waals surface area contributed by atoms with E-state index in [4.69, 9.17) is 9.88 Å². The summed E-state index contributed by atoms with van der Waals surface area (Å²) in [7, 11) is -3.87. The first-order chi connectivity index (χ1) is 17.5. The Balaban J connectivity index is 1.52. The first kappa shape index (κ1) is 26.3. The lowest BCUT2D eigenvalue weighted by atomic mass is 10.1. The number of primary sulfonamides is 1. The number of aromatic nitrogens is 1. The predicted octanol–water partition coefficient (Wildman–Crippen LogP) is 1.72. The SMILES string of the molecule is CC(=O)c1cn(CC(=O)N2C[C@H](F)C[C@H]2C(=O)NCc2ccccc2)c2ccc(OCS(N)(=O)=O)cc12. The van der Waals surface area contributed by atoms with Crippen LogP contribution in [0.15, 0.2) is 54.7 Å². The number of nitrogens with one attached hydrogen (secondary N) is 1. The number of ketones is 1. The number of rotatable bonds is 9. The Morgan fingerprint density at radius 1 is 1.16 bits per heavy atom. The number of likely N-dealkylation sites (tertiary alicyclic amines) is 1. The summed E-state index contributed by atoms with van der Waals surface area (Å²) in [5, 5.41) is 8.20. The number of halogens is 1. The molecule has 0 bridgehead atoms. The van der Waals surface area contributed by atoms with E-state index in [-0.39, 0.29) is 37.6 Å². The first-order valence-corrected chi connectivity index (χ1v) is 13.3. The van der Waals surface area contributed by atoms with Crippen molar-refractivity contribution in [3.8, 4) is 5.75 Å². The Bertz CT molecular complexity index is 1440. The number of hydrogen-bond acceptors (Lipinski definition) is 6. The molecule has 37 heavy (non-hydrogen) atoms. The summed E-state index contributed by atoms with van der Waals surface area (Å²) in [5.74, 6) is -1.73. The number of fused-ring (bicyclic) bond motifs is 1. The standard InChI is InChI=1S/C25H27FN4O6S/c1-16(31)21-13-29(22-8-7-19(10-20(21)22)36-15-37(27,34)35)14-24(32)30-12-18(26)9-23(30)25(33)28-11-17-5-3-2-4-6-17/h2-8,10,13,18,23H,9,11-12,14-15H2,1H3,(H,28,33)(H2,27,34,35)/t18-,23+/m1/s1. The molecule has 196 valence electrons. The van der Waals surface area contributed by atoms with Crippen molar-refractivity contribution in [2.45, 2.75) is 38.6 Å². The molecule has 0 saturated carbocycles. The largest absolute Gasteiger partial charge is 0.476 e. The number of nitrogens with zero attached hydrogens (tertiary/aromatic N) is 2. The fraction of sp³-hybridized carbons (Fsp3) is 0.320. The minimum Gasteiger partial charge on any atom is -0.476 e. The second-order valence-corrected chi connectivity index (χ2v) is 10.5. The van der Waals surface area contributed by atoms with Gasteiger partial charge in [-0.25, -0.2) is 17.9 Å². The molecule has 0 radical (unpaired) electrons. The molecule has 1 fully saturated rings. The Morgan fingerprint density at radius 2 is 1.89 bits per heavy atom. The molecule has 3 N–H and O–H groups in total. The smallest absolute Gasteiger partial charge is 0.244 e. The van der Waals surface area contributed by atoms with Gasteiger partial charge in [-0.05, 0) is 30.7 Å². The van der Waals surface area contributed by atoms with Crippen molar-refractivity contribution in [2.24, 2.45) is 5.14 Å². The van der Waals surface area contributed by atoms with Gasteiger partial charge in [-0.1, -0.05) is 30.3 Å². The third-order valence-electron chi connectivity index (χ3n) is 6.11. The molecule has 4 rings (SSSR count). The molecule has 2 atom stereocenters. The van der Waals surface area contributed by atoms with Gasteiger partial charge in [0.2, 0.25) is 27.8 Å². The molecule has 0 unspecified atom stereocenters. The van der Waals surface area contributed by atoms with Gasteiger partial charge < -0.3 is 19.5 Å². The number of amides is 2. The number of sulfonamides is 1. The van der Waals surface area contributed by atoms with Crippen LogP contribution in [0.2, 0.25) is 0 Å².